The SMILES string of the molecule is O=C([C@H]1CCCN1C(=O)C1CC1)N1CCN(c2ccc(F)cc2)CC1. The molecule has 1 aromatic rings. The van der Waals surface area contributed by atoms with Crippen molar-refractivity contribution >= 4 is 17.5 Å². The van der Waals surface area contributed by atoms with Gasteiger partial charge in [-0.25, -0.2) is 4.39 Å². The summed E-state index contributed by atoms with van der Waals surface area (Å²) in [5, 5.41) is 0. The summed E-state index contributed by atoms with van der Waals surface area (Å²) in [6.07, 6.45) is 3.67. The first-order valence-electron chi connectivity index (χ1n) is 9.23. The highest BCUT2D eigenvalue weighted by molar-refractivity contribution is 5.90. The maximum absolute atomic E-state index is 13.1. The molecule has 4 rings (SSSR count). The molecule has 3 fully saturated rings. The number of nitrogens with zero attached hydrogens (tertiary/aromatic N) is 3. The van der Waals surface area contributed by atoms with E-state index in [4.69, 9.17) is 0 Å². The highest BCUT2D eigenvalue weighted by Gasteiger charge is 2.42. The third-order valence-corrected chi connectivity index (χ3v) is 5.53. The Morgan fingerprint density at radius 2 is 1.56 bits per heavy atom. The Kier molecular flexibility index (Phi) is 4.36. The van der Waals surface area contributed by atoms with E-state index in [0.717, 1.165) is 51.0 Å². The molecule has 25 heavy (non-hydrogen) atoms. The normalized spacial score (nSPS) is 23.9. The Morgan fingerprint density at radius 1 is 0.880 bits per heavy atom. The van der Waals surface area contributed by atoms with E-state index in [0.29, 0.717) is 13.1 Å². The first-order valence-corrected chi connectivity index (χ1v) is 9.23. The number of likely N-dealkylation sites (tertiary alicyclic amines) is 1. The van der Waals surface area contributed by atoms with E-state index in [1.54, 1.807) is 12.1 Å². The predicted molar refractivity (Wildman–Crippen MR) is 92.7 cm³/mol. The fourth-order valence-corrected chi connectivity index (χ4v) is 3.90. The monoisotopic (exact) mass is 345 g/mol. The average molecular weight is 345 g/mol. The Balaban J connectivity index is 1.36. The topological polar surface area (TPSA) is 43.9 Å². The number of carbonyl (C=O) groups excluding carboxylic acids is 2. The lowest BCUT2D eigenvalue weighted by atomic mass is 10.1. The minimum absolute atomic E-state index is 0.102. The van der Waals surface area contributed by atoms with E-state index in [1.165, 1.54) is 12.1 Å². The van der Waals surface area contributed by atoms with Crippen molar-refractivity contribution in [2.45, 2.75) is 31.7 Å². The Morgan fingerprint density at radius 3 is 2.20 bits per heavy atom. The first-order chi connectivity index (χ1) is 12.1. The molecular formula is C19H24FN3O2. The molecule has 2 saturated heterocycles. The number of benzene rings is 1. The van der Waals surface area contributed by atoms with Gasteiger partial charge in [0.05, 0.1) is 0 Å². The number of hydrogen-bond acceptors (Lipinski definition) is 3. The fraction of sp³-hybridized carbons (Fsp3) is 0.579. The van der Waals surface area contributed by atoms with Crippen molar-refractivity contribution in [1.29, 1.82) is 0 Å². The van der Waals surface area contributed by atoms with Gasteiger partial charge in [-0.15, -0.1) is 0 Å². The van der Waals surface area contributed by atoms with Crippen LogP contribution in [0.25, 0.3) is 0 Å². The second kappa shape index (κ2) is 6.65. The highest BCUT2D eigenvalue weighted by atomic mass is 19.1. The van der Waals surface area contributed by atoms with Gasteiger partial charge in [0, 0.05) is 44.3 Å². The minimum Gasteiger partial charge on any atom is -0.368 e. The number of carbonyl (C=O) groups is 2. The Bertz CT molecular complexity index is 651. The van der Waals surface area contributed by atoms with Crippen molar-refractivity contribution in [3.05, 3.63) is 30.1 Å². The largest absolute Gasteiger partial charge is 0.368 e. The molecule has 134 valence electrons. The van der Waals surface area contributed by atoms with Gasteiger partial charge in [0.25, 0.3) is 0 Å². The smallest absolute Gasteiger partial charge is 0.245 e. The molecule has 0 radical (unpaired) electrons. The molecule has 0 aromatic heterocycles. The molecule has 0 bridgehead atoms. The van der Waals surface area contributed by atoms with Crippen molar-refractivity contribution in [3.63, 3.8) is 0 Å². The average Bonchev–Trinajstić information content (AvgIpc) is 3.38. The van der Waals surface area contributed by atoms with E-state index < -0.39 is 0 Å². The van der Waals surface area contributed by atoms with Gasteiger partial charge in [-0.2, -0.15) is 0 Å². The summed E-state index contributed by atoms with van der Waals surface area (Å²) in [5.41, 5.74) is 0.986. The van der Waals surface area contributed by atoms with Crippen LogP contribution in [0.5, 0.6) is 0 Å². The molecule has 6 heteroatoms. The van der Waals surface area contributed by atoms with E-state index in [-0.39, 0.29) is 29.6 Å². The predicted octanol–water partition coefficient (Wildman–Crippen LogP) is 1.88. The lowest BCUT2D eigenvalue weighted by Gasteiger charge is -2.38. The van der Waals surface area contributed by atoms with Gasteiger partial charge < -0.3 is 14.7 Å². The summed E-state index contributed by atoms with van der Waals surface area (Å²) in [6, 6.07) is 6.23. The van der Waals surface area contributed by atoms with Gasteiger partial charge in [-0.3, -0.25) is 9.59 Å². The quantitative estimate of drug-likeness (QED) is 0.840. The molecule has 2 amide bonds. The van der Waals surface area contributed by atoms with E-state index in [1.807, 2.05) is 9.80 Å². The van der Waals surface area contributed by atoms with E-state index in [9.17, 15) is 14.0 Å². The van der Waals surface area contributed by atoms with Crippen molar-refractivity contribution in [2.24, 2.45) is 5.92 Å². The summed E-state index contributed by atoms with van der Waals surface area (Å²) < 4.78 is 13.1. The fourth-order valence-electron chi connectivity index (χ4n) is 3.90. The summed E-state index contributed by atoms with van der Waals surface area (Å²) >= 11 is 0. The lowest BCUT2D eigenvalue weighted by Crippen LogP contribution is -2.54. The van der Waals surface area contributed by atoms with Gasteiger partial charge in [0.1, 0.15) is 11.9 Å². The summed E-state index contributed by atoms with van der Waals surface area (Å²) in [6.45, 7) is 3.50. The summed E-state index contributed by atoms with van der Waals surface area (Å²) in [4.78, 5) is 31.2. The lowest BCUT2D eigenvalue weighted by molar-refractivity contribution is -0.144. The molecule has 1 saturated carbocycles. The van der Waals surface area contributed by atoms with Gasteiger partial charge in [-0.1, -0.05) is 0 Å². The van der Waals surface area contributed by atoms with Crippen LogP contribution >= 0.6 is 0 Å². The zero-order valence-corrected chi connectivity index (χ0v) is 14.4. The van der Waals surface area contributed by atoms with Gasteiger partial charge in [-0.05, 0) is 49.9 Å². The molecule has 0 spiro atoms. The van der Waals surface area contributed by atoms with Gasteiger partial charge in [0.2, 0.25) is 11.8 Å². The third kappa shape index (κ3) is 3.34. The maximum atomic E-state index is 13.1. The van der Waals surface area contributed by atoms with Gasteiger partial charge in [0.15, 0.2) is 0 Å². The van der Waals surface area contributed by atoms with Crippen LogP contribution in [-0.4, -0.2) is 60.4 Å². The molecule has 1 aliphatic carbocycles. The Hall–Kier alpha value is -2.11. The molecule has 2 aliphatic heterocycles. The molecule has 3 aliphatic rings. The van der Waals surface area contributed by atoms with E-state index in [2.05, 4.69) is 4.90 Å². The first kappa shape index (κ1) is 16.4. The maximum Gasteiger partial charge on any atom is 0.245 e. The van der Waals surface area contributed by atoms with Crippen molar-refractivity contribution in [1.82, 2.24) is 9.80 Å². The van der Waals surface area contributed by atoms with Crippen LogP contribution in [0.3, 0.4) is 0 Å². The second-order valence-corrected chi connectivity index (χ2v) is 7.25. The summed E-state index contributed by atoms with van der Waals surface area (Å²) in [7, 11) is 0. The zero-order chi connectivity index (χ0) is 17.4. The minimum atomic E-state index is -0.259. The molecule has 0 unspecified atom stereocenters. The van der Waals surface area contributed by atoms with Crippen LogP contribution in [0.1, 0.15) is 25.7 Å². The van der Waals surface area contributed by atoms with Crippen LogP contribution in [0, 0.1) is 11.7 Å². The molecule has 1 aromatic carbocycles. The van der Waals surface area contributed by atoms with Crippen molar-refractivity contribution in [3.8, 4) is 0 Å². The van der Waals surface area contributed by atoms with Crippen molar-refractivity contribution in [2.75, 3.05) is 37.6 Å². The number of amides is 2. The number of rotatable bonds is 3. The van der Waals surface area contributed by atoms with Crippen LogP contribution in [0.15, 0.2) is 24.3 Å². The molecule has 0 N–H and O–H groups in total. The van der Waals surface area contributed by atoms with Crippen LogP contribution in [0.4, 0.5) is 10.1 Å². The van der Waals surface area contributed by atoms with Crippen LogP contribution < -0.4 is 4.90 Å². The number of hydrogen-bond donors (Lipinski definition) is 0. The molecule has 1 atom stereocenters. The Labute approximate surface area is 147 Å². The number of piperazine rings is 1. The van der Waals surface area contributed by atoms with Gasteiger partial charge >= 0.3 is 0 Å². The van der Waals surface area contributed by atoms with E-state index >= 15 is 0 Å². The highest BCUT2D eigenvalue weighted by Crippen LogP contribution is 2.34. The molecular weight excluding hydrogens is 321 g/mol. The van der Waals surface area contributed by atoms with Crippen molar-refractivity contribution < 1.29 is 14.0 Å². The third-order valence-electron chi connectivity index (χ3n) is 5.53. The summed E-state index contributed by atoms with van der Waals surface area (Å²) in [5.74, 6) is 0.217. The second-order valence-electron chi connectivity index (χ2n) is 7.25. The number of anilines is 1. The molecule has 5 nitrogen and oxygen atoms in total. The molecule has 2 heterocycles. The number of halogens is 1. The van der Waals surface area contributed by atoms with Crippen LogP contribution in [0.2, 0.25) is 0 Å². The van der Waals surface area contributed by atoms with Crippen LogP contribution in [-0.2, 0) is 9.59 Å². The standard InChI is InChI=1S/C19H24FN3O2/c20-15-5-7-16(8-6-15)21-10-12-22(13-11-21)19(25)17-2-1-9-23(17)18(24)14-3-4-14/h5-8,14,17H,1-4,9-13H2/t17-/m1/s1. The zero-order valence-electron chi connectivity index (χ0n) is 14.4.